The Kier molecular flexibility index (Phi) is 3.76. The zero-order valence-electron chi connectivity index (χ0n) is 9.20. The van der Waals surface area contributed by atoms with Crippen molar-refractivity contribution in [3.63, 3.8) is 0 Å². The topological polar surface area (TPSA) is 80.9 Å². The van der Waals surface area contributed by atoms with Gasteiger partial charge in [0.15, 0.2) is 0 Å². The second-order valence-electron chi connectivity index (χ2n) is 3.77. The minimum Gasteiger partial charge on any atom is -0.318 e. The van der Waals surface area contributed by atoms with Crippen LogP contribution in [0, 0.1) is 6.92 Å². The van der Waals surface area contributed by atoms with Crippen molar-refractivity contribution < 1.29 is 4.79 Å². The largest absolute Gasteiger partial charge is 0.318 e. The van der Waals surface area contributed by atoms with Crippen molar-refractivity contribution in [2.24, 2.45) is 5.73 Å². The molecule has 0 aliphatic rings. The van der Waals surface area contributed by atoms with Gasteiger partial charge in [0, 0.05) is 11.5 Å². The molecule has 1 aromatic heterocycles. The third-order valence-corrected chi connectivity index (χ3v) is 2.76. The van der Waals surface area contributed by atoms with E-state index in [1.807, 2.05) is 6.92 Å². The number of hydrogen-bond acceptors (Lipinski definition) is 5. The molecule has 0 bridgehead atoms. The predicted octanol–water partition coefficient (Wildman–Crippen LogP) is 1.30. The summed E-state index contributed by atoms with van der Waals surface area (Å²) >= 11 is 1.16. The van der Waals surface area contributed by atoms with E-state index in [2.05, 4.69) is 14.7 Å². The van der Waals surface area contributed by atoms with Gasteiger partial charge in [-0.05, 0) is 20.3 Å². The number of rotatable bonds is 4. The molecule has 0 saturated carbocycles. The van der Waals surface area contributed by atoms with Crippen LogP contribution in [0.2, 0.25) is 0 Å². The molecule has 3 N–H and O–H groups in total. The lowest BCUT2D eigenvalue weighted by Crippen LogP contribution is -2.48. The number of nitrogens with two attached hydrogens (primary N) is 1. The molecule has 0 aliphatic heterocycles. The van der Waals surface area contributed by atoms with Crippen LogP contribution in [0.4, 0.5) is 5.13 Å². The highest BCUT2D eigenvalue weighted by atomic mass is 32.1. The lowest BCUT2D eigenvalue weighted by atomic mass is 9.97. The summed E-state index contributed by atoms with van der Waals surface area (Å²) in [4.78, 5) is 15.8. The number of amides is 1. The van der Waals surface area contributed by atoms with Crippen LogP contribution in [-0.2, 0) is 4.79 Å². The molecule has 1 rings (SSSR count). The number of aryl methyl sites for hydroxylation is 1. The maximum atomic E-state index is 11.7. The van der Waals surface area contributed by atoms with Gasteiger partial charge in [0.05, 0.1) is 5.54 Å². The lowest BCUT2D eigenvalue weighted by molar-refractivity contribution is -0.120. The van der Waals surface area contributed by atoms with E-state index in [0.29, 0.717) is 17.4 Å². The van der Waals surface area contributed by atoms with Crippen LogP contribution in [-0.4, -0.2) is 20.8 Å². The van der Waals surface area contributed by atoms with E-state index >= 15 is 0 Å². The Balaban J connectivity index is 2.63. The van der Waals surface area contributed by atoms with E-state index in [-0.39, 0.29) is 5.91 Å². The number of hydrogen-bond donors (Lipinski definition) is 2. The third kappa shape index (κ3) is 3.24. The van der Waals surface area contributed by atoms with Gasteiger partial charge in [0.1, 0.15) is 5.82 Å². The Labute approximate surface area is 93.3 Å². The first-order valence-electron chi connectivity index (χ1n) is 4.86. The van der Waals surface area contributed by atoms with Crippen molar-refractivity contribution in [2.75, 3.05) is 5.32 Å². The van der Waals surface area contributed by atoms with Crippen molar-refractivity contribution in [3.8, 4) is 0 Å². The molecule has 0 aromatic carbocycles. The molecule has 1 atom stereocenters. The van der Waals surface area contributed by atoms with Gasteiger partial charge in [-0.3, -0.25) is 10.1 Å². The van der Waals surface area contributed by atoms with E-state index in [1.165, 1.54) is 0 Å². The van der Waals surface area contributed by atoms with Gasteiger partial charge in [-0.1, -0.05) is 13.3 Å². The van der Waals surface area contributed by atoms with E-state index < -0.39 is 5.54 Å². The molecular weight excluding hydrogens is 212 g/mol. The Hall–Kier alpha value is -1.01. The van der Waals surface area contributed by atoms with Gasteiger partial charge in [0.25, 0.3) is 0 Å². The molecule has 15 heavy (non-hydrogen) atoms. The lowest BCUT2D eigenvalue weighted by Gasteiger charge is -2.21. The average molecular weight is 228 g/mol. The molecule has 6 heteroatoms. The number of aromatic nitrogens is 2. The van der Waals surface area contributed by atoms with Crippen LogP contribution < -0.4 is 11.1 Å². The van der Waals surface area contributed by atoms with Gasteiger partial charge in [-0.2, -0.15) is 4.37 Å². The standard InChI is InChI=1S/C9H16N4OS/c1-4-5-9(3,10)7(14)12-8-11-6(2)13-15-8/h4-5,10H2,1-3H3,(H,11,12,13,14). The molecule has 0 spiro atoms. The van der Waals surface area contributed by atoms with Gasteiger partial charge < -0.3 is 5.73 Å². The van der Waals surface area contributed by atoms with E-state index in [0.717, 1.165) is 18.0 Å². The second kappa shape index (κ2) is 4.67. The maximum Gasteiger partial charge on any atom is 0.245 e. The zero-order chi connectivity index (χ0) is 11.5. The SMILES string of the molecule is CCCC(C)(N)C(=O)Nc1nc(C)ns1. The summed E-state index contributed by atoms with van der Waals surface area (Å²) in [5.74, 6) is 0.449. The first-order chi connectivity index (χ1) is 6.95. The molecule has 1 unspecified atom stereocenters. The van der Waals surface area contributed by atoms with E-state index in [9.17, 15) is 4.79 Å². The Morgan fingerprint density at radius 3 is 2.80 bits per heavy atom. The van der Waals surface area contributed by atoms with Crippen LogP contribution in [0.5, 0.6) is 0 Å². The molecule has 0 radical (unpaired) electrons. The number of nitrogens with zero attached hydrogens (tertiary/aromatic N) is 2. The molecule has 1 heterocycles. The molecule has 1 amide bonds. The highest BCUT2D eigenvalue weighted by molar-refractivity contribution is 7.09. The highest BCUT2D eigenvalue weighted by Gasteiger charge is 2.27. The number of anilines is 1. The second-order valence-corrected chi connectivity index (χ2v) is 4.52. The maximum absolute atomic E-state index is 11.7. The van der Waals surface area contributed by atoms with E-state index in [1.54, 1.807) is 13.8 Å². The summed E-state index contributed by atoms with van der Waals surface area (Å²) in [6.07, 6.45) is 1.52. The number of nitrogens with one attached hydrogen (secondary N) is 1. The zero-order valence-corrected chi connectivity index (χ0v) is 10.0. The molecule has 0 saturated heterocycles. The fourth-order valence-corrected chi connectivity index (χ4v) is 1.79. The molecule has 0 aliphatic carbocycles. The minimum atomic E-state index is -0.839. The monoisotopic (exact) mass is 228 g/mol. The first kappa shape index (κ1) is 12.1. The van der Waals surface area contributed by atoms with Crippen molar-refractivity contribution in [1.29, 1.82) is 0 Å². The summed E-state index contributed by atoms with van der Waals surface area (Å²) < 4.78 is 3.97. The molecule has 1 aromatic rings. The smallest absolute Gasteiger partial charge is 0.245 e. The fourth-order valence-electron chi connectivity index (χ4n) is 1.22. The number of carbonyl (C=O) groups is 1. The number of carbonyl (C=O) groups excluding carboxylic acids is 1. The molecule has 0 fully saturated rings. The summed E-state index contributed by atoms with van der Waals surface area (Å²) in [5.41, 5.74) is 5.03. The normalized spacial score (nSPS) is 14.7. The van der Waals surface area contributed by atoms with Gasteiger partial charge in [-0.15, -0.1) is 0 Å². The Morgan fingerprint density at radius 1 is 1.67 bits per heavy atom. The highest BCUT2D eigenvalue weighted by Crippen LogP contribution is 2.15. The third-order valence-electron chi connectivity index (χ3n) is 2.04. The summed E-state index contributed by atoms with van der Waals surface area (Å²) in [7, 11) is 0. The van der Waals surface area contributed by atoms with Gasteiger partial charge in [-0.25, -0.2) is 4.98 Å². The fraction of sp³-hybridized carbons (Fsp3) is 0.667. The van der Waals surface area contributed by atoms with E-state index in [4.69, 9.17) is 5.73 Å². The summed E-state index contributed by atoms with van der Waals surface area (Å²) in [6.45, 7) is 5.49. The summed E-state index contributed by atoms with van der Waals surface area (Å²) in [6, 6.07) is 0. The van der Waals surface area contributed by atoms with Gasteiger partial charge >= 0.3 is 0 Å². The Bertz CT molecular complexity index is 348. The van der Waals surface area contributed by atoms with Crippen LogP contribution in [0.1, 0.15) is 32.5 Å². The van der Waals surface area contributed by atoms with Crippen LogP contribution in [0.15, 0.2) is 0 Å². The van der Waals surface area contributed by atoms with Crippen molar-refractivity contribution in [2.45, 2.75) is 39.2 Å². The van der Waals surface area contributed by atoms with Gasteiger partial charge in [0.2, 0.25) is 11.0 Å². The van der Waals surface area contributed by atoms with Crippen LogP contribution in [0.3, 0.4) is 0 Å². The van der Waals surface area contributed by atoms with Crippen molar-refractivity contribution in [1.82, 2.24) is 9.36 Å². The van der Waals surface area contributed by atoms with Crippen molar-refractivity contribution in [3.05, 3.63) is 5.82 Å². The Morgan fingerprint density at radius 2 is 2.33 bits per heavy atom. The van der Waals surface area contributed by atoms with Crippen LogP contribution >= 0.6 is 11.5 Å². The van der Waals surface area contributed by atoms with Crippen LogP contribution in [0.25, 0.3) is 0 Å². The molecular formula is C9H16N4OS. The minimum absolute atomic E-state index is 0.208. The molecule has 5 nitrogen and oxygen atoms in total. The average Bonchev–Trinajstić information content (AvgIpc) is 2.51. The predicted molar refractivity (Wildman–Crippen MR) is 60.8 cm³/mol. The summed E-state index contributed by atoms with van der Waals surface area (Å²) in [5, 5.41) is 3.17. The molecule has 84 valence electrons. The first-order valence-corrected chi connectivity index (χ1v) is 5.63. The van der Waals surface area contributed by atoms with Crippen molar-refractivity contribution >= 4 is 22.6 Å². The quantitative estimate of drug-likeness (QED) is 0.814.